The lowest BCUT2D eigenvalue weighted by atomic mass is 10.1. The molecule has 0 fully saturated rings. The van der Waals surface area contributed by atoms with Crippen LogP contribution in [0.3, 0.4) is 0 Å². The largest absolute Gasteiger partial charge is 0.496 e. The first kappa shape index (κ1) is 12.4. The van der Waals surface area contributed by atoms with Crippen LogP contribution in [0.5, 0.6) is 5.75 Å². The summed E-state index contributed by atoms with van der Waals surface area (Å²) in [5.74, 6) is 0.910. The predicted octanol–water partition coefficient (Wildman–Crippen LogP) is 3.32. The molecule has 1 heterocycles. The highest BCUT2D eigenvalue weighted by atomic mass is 16.5. The maximum absolute atomic E-state index is 5.35. The summed E-state index contributed by atoms with van der Waals surface area (Å²) in [6, 6.07) is 10.2. The first-order valence-electron chi connectivity index (χ1n) is 5.99. The number of ether oxygens (including phenoxy) is 1. The summed E-state index contributed by atoms with van der Waals surface area (Å²) >= 11 is 0. The van der Waals surface area contributed by atoms with E-state index >= 15 is 0 Å². The summed E-state index contributed by atoms with van der Waals surface area (Å²) in [7, 11) is 1.70. The molecule has 0 aliphatic heterocycles. The number of hydrogen-bond donors (Lipinski definition) is 1. The van der Waals surface area contributed by atoms with Gasteiger partial charge in [-0.25, -0.2) is 0 Å². The minimum Gasteiger partial charge on any atom is -0.496 e. The van der Waals surface area contributed by atoms with Gasteiger partial charge in [0, 0.05) is 17.8 Å². The van der Waals surface area contributed by atoms with Crippen LogP contribution in [-0.4, -0.2) is 12.1 Å². The normalized spacial score (nSPS) is 10.2. The van der Waals surface area contributed by atoms with Gasteiger partial charge < -0.3 is 10.1 Å². The van der Waals surface area contributed by atoms with E-state index in [-0.39, 0.29) is 0 Å². The summed E-state index contributed by atoms with van der Waals surface area (Å²) in [5, 5.41) is 3.35. The first-order valence-corrected chi connectivity index (χ1v) is 5.99. The van der Waals surface area contributed by atoms with Crippen molar-refractivity contribution in [3.63, 3.8) is 0 Å². The minimum atomic E-state index is 0.732. The van der Waals surface area contributed by atoms with E-state index in [2.05, 4.69) is 29.4 Å². The zero-order chi connectivity index (χ0) is 13.0. The van der Waals surface area contributed by atoms with E-state index in [0.29, 0.717) is 0 Å². The third-order valence-corrected chi connectivity index (χ3v) is 2.83. The van der Waals surface area contributed by atoms with Crippen molar-refractivity contribution >= 4 is 5.69 Å². The van der Waals surface area contributed by atoms with Crippen LogP contribution in [0.15, 0.2) is 36.5 Å². The highest BCUT2D eigenvalue weighted by molar-refractivity contribution is 5.44. The second kappa shape index (κ2) is 5.54. The Kier molecular flexibility index (Phi) is 3.82. The standard InChI is InChI=1S/C15H18N2O/c1-11-4-7-15(18-3)13(8-11)9-17-14-6-5-12(2)16-10-14/h4-8,10,17H,9H2,1-3H3. The van der Waals surface area contributed by atoms with Crippen molar-refractivity contribution in [1.82, 2.24) is 4.98 Å². The maximum Gasteiger partial charge on any atom is 0.123 e. The lowest BCUT2D eigenvalue weighted by Crippen LogP contribution is -2.02. The molecular weight excluding hydrogens is 224 g/mol. The molecule has 0 amide bonds. The van der Waals surface area contributed by atoms with Crippen molar-refractivity contribution in [3.05, 3.63) is 53.3 Å². The fourth-order valence-corrected chi connectivity index (χ4v) is 1.82. The molecule has 3 heteroatoms. The molecule has 1 N–H and O–H groups in total. The maximum atomic E-state index is 5.35. The molecule has 0 spiro atoms. The number of nitrogens with one attached hydrogen (secondary N) is 1. The quantitative estimate of drug-likeness (QED) is 0.893. The van der Waals surface area contributed by atoms with Crippen molar-refractivity contribution < 1.29 is 4.74 Å². The van der Waals surface area contributed by atoms with E-state index in [1.165, 1.54) is 5.56 Å². The molecule has 1 aromatic heterocycles. The van der Waals surface area contributed by atoms with Crippen LogP contribution in [0.2, 0.25) is 0 Å². The van der Waals surface area contributed by atoms with Crippen molar-refractivity contribution in [2.75, 3.05) is 12.4 Å². The van der Waals surface area contributed by atoms with E-state index in [4.69, 9.17) is 4.74 Å². The number of methoxy groups -OCH3 is 1. The number of rotatable bonds is 4. The van der Waals surface area contributed by atoms with Gasteiger partial charge in [-0.3, -0.25) is 4.98 Å². The molecule has 0 aliphatic carbocycles. The van der Waals surface area contributed by atoms with Gasteiger partial charge in [0.25, 0.3) is 0 Å². The minimum absolute atomic E-state index is 0.732. The molecule has 0 unspecified atom stereocenters. The molecule has 0 bridgehead atoms. The molecule has 2 rings (SSSR count). The van der Waals surface area contributed by atoms with Gasteiger partial charge in [-0.2, -0.15) is 0 Å². The van der Waals surface area contributed by atoms with Crippen molar-refractivity contribution in [2.45, 2.75) is 20.4 Å². The Labute approximate surface area is 108 Å². The molecule has 0 aliphatic rings. The number of anilines is 1. The summed E-state index contributed by atoms with van der Waals surface area (Å²) in [4.78, 5) is 4.26. The van der Waals surface area contributed by atoms with Crippen LogP contribution < -0.4 is 10.1 Å². The molecule has 3 nitrogen and oxygen atoms in total. The van der Waals surface area contributed by atoms with Crippen LogP contribution in [0.1, 0.15) is 16.8 Å². The molecular formula is C15H18N2O. The molecule has 0 saturated carbocycles. The third kappa shape index (κ3) is 3.00. The Bertz CT molecular complexity index is 521. The van der Waals surface area contributed by atoms with Crippen molar-refractivity contribution in [2.24, 2.45) is 0 Å². The Morgan fingerprint density at radius 2 is 2.00 bits per heavy atom. The van der Waals surface area contributed by atoms with Gasteiger partial charge in [-0.15, -0.1) is 0 Å². The lowest BCUT2D eigenvalue weighted by Gasteiger charge is -2.11. The average molecular weight is 242 g/mol. The monoisotopic (exact) mass is 242 g/mol. The van der Waals surface area contributed by atoms with Gasteiger partial charge in [-0.05, 0) is 32.0 Å². The van der Waals surface area contributed by atoms with Crippen LogP contribution in [0.25, 0.3) is 0 Å². The van der Waals surface area contributed by atoms with E-state index in [9.17, 15) is 0 Å². The number of benzene rings is 1. The average Bonchev–Trinajstić information content (AvgIpc) is 2.38. The Hall–Kier alpha value is -2.03. The van der Waals surface area contributed by atoms with Crippen LogP contribution in [-0.2, 0) is 6.54 Å². The van der Waals surface area contributed by atoms with Gasteiger partial charge in [-0.1, -0.05) is 17.7 Å². The van der Waals surface area contributed by atoms with E-state index in [0.717, 1.165) is 29.2 Å². The predicted molar refractivity (Wildman–Crippen MR) is 74.0 cm³/mol. The summed E-state index contributed by atoms with van der Waals surface area (Å²) in [6.45, 7) is 4.79. The molecule has 0 saturated heterocycles. The highest BCUT2D eigenvalue weighted by Crippen LogP contribution is 2.20. The number of aromatic nitrogens is 1. The smallest absolute Gasteiger partial charge is 0.123 e. The van der Waals surface area contributed by atoms with Crippen LogP contribution >= 0.6 is 0 Å². The number of hydrogen-bond acceptors (Lipinski definition) is 3. The SMILES string of the molecule is COc1ccc(C)cc1CNc1ccc(C)nc1. The van der Waals surface area contributed by atoms with Gasteiger partial charge in [0.1, 0.15) is 5.75 Å². The molecule has 0 atom stereocenters. The van der Waals surface area contributed by atoms with Crippen molar-refractivity contribution in [3.8, 4) is 5.75 Å². The third-order valence-electron chi connectivity index (χ3n) is 2.83. The summed E-state index contributed by atoms with van der Waals surface area (Å²) in [6.07, 6.45) is 1.84. The van der Waals surface area contributed by atoms with Crippen LogP contribution in [0, 0.1) is 13.8 Å². The lowest BCUT2D eigenvalue weighted by molar-refractivity contribution is 0.410. The summed E-state index contributed by atoms with van der Waals surface area (Å²) < 4.78 is 5.35. The Balaban J connectivity index is 2.09. The highest BCUT2D eigenvalue weighted by Gasteiger charge is 2.03. The second-order valence-electron chi connectivity index (χ2n) is 4.36. The van der Waals surface area contributed by atoms with Crippen molar-refractivity contribution in [1.29, 1.82) is 0 Å². The van der Waals surface area contributed by atoms with Crippen LogP contribution in [0.4, 0.5) is 5.69 Å². The number of aryl methyl sites for hydroxylation is 2. The number of pyridine rings is 1. The van der Waals surface area contributed by atoms with Gasteiger partial charge in [0.05, 0.1) is 19.0 Å². The Morgan fingerprint density at radius 1 is 1.17 bits per heavy atom. The fourth-order valence-electron chi connectivity index (χ4n) is 1.82. The molecule has 94 valence electrons. The first-order chi connectivity index (χ1) is 8.69. The zero-order valence-corrected chi connectivity index (χ0v) is 11.0. The zero-order valence-electron chi connectivity index (χ0n) is 11.0. The molecule has 18 heavy (non-hydrogen) atoms. The molecule has 0 radical (unpaired) electrons. The Morgan fingerprint density at radius 3 is 2.67 bits per heavy atom. The topological polar surface area (TPSA) is 34.1 Å². The van der Waals surface area contributed by atoms with Gasteiger partial charge in [0.15, 0.2) is 0 Å². The summed E-state index contributed by atoms with van der Waals surface area (Å²) in [5.41, 5.74) is 4.42. The second-order valence-corrected chi connectivity index (χ2v) is 4.36. The number of nitrogens with zero attached hydrogens (tertiary/aromatic N) is 1. The van der Waals surface area contributed by atoms with E-state index < -0.39 is 0 Å². The van der Waals surface area contributed by atoms with E-state index in [1.54, 1.807) is 7.11 Å². The molecule has 2 aromatic rings. The van der Waals surface area contributed by atoms with Gasteiger partial charge in [0.2, 0.25) is 0 Å². The van der Waals surface area contributed by atoms with E-state index in [1.807, 2.05) is 31.3 Å². The van der Waals surface area contributed by atoms with Gasteiger partial charge >= 0.3 is 0 Å². The molecule has 1 aromatic carbocycles. The fraction of sp³-hybridized carbons (Fsp3) is 0.267.